The van der Waals surface area contributed by atoms with Crippen molar-refractivity contribution in [3.05, 3.63) is 30.6 Å². The molecule has 1 unspecified atom stereocenters. The maximum Gasteiger partial charge on any atom is 0.0966 e. The molecular formula is C8H7N2O2S-. The van der Waals surface area contributed by atoms with Gasteiger partial charge < -0.3 is 9.12 Å². The first-order chi connectivity index (χ1) is 6.27. The lowest BCUT2D eigenvalue weighted by Crippen LogP contribution is -2.01. The highest BCUT2D eigenvalue weighted by atomic mass is 32.2. The summed E-state index contributed by atoms with van der Waals surface area (Å²) in [5, 5.41) is 0. The third-order valence-corrected chi connectivity index (χ3v) is 2.26. The number of hydrogen-bond donors (Lipinski definition) is 0. The standard InChI is InChI=1S/C8H8N2O2S/c11-13(12)6-10-5-9-7-3-1-2-4-8(7)10/h1-5H,6H2,(H,11,12)/p-1. The van der Waals surface area contributed by atoms with Crippen LogP contribution in [-0.2, 0) is 17.0 Å². The first-order valence-electron chi connectivity index (χ1n) is 3.73. The third-order valence-electron chi connectivity index (χ3n) is 1.77. The monoisotopic (exact) mass is 195 g/mol. The summed E-state index contributed by atoms with van der Waals surface area (Å²) in [5.74, 6) is -0.0412. The van der Waals surface area contributed by atoms with E-state index in [1.54, 1.807) is 4.57 Å². The molecule has 0 saturated carbocycles. The van der Waals surface area contributed by atoms with Gasteiger partial charge in [-0.2, -0.15) is 0 Å². The molecule has 1 atom stereocenters. The Bertz CT molecular complexity index is 452. The average Bonchev–Trinajstić information content (AvgIpc) is 2.48. The van der Waals surface area contributed by atoms with Gasteiger partial charge in [0.15, 0.2) is 0 Å². The molecule has 2 rings (SSSR count). The molecule has 1 heterocycles. The summed E-state index contributed by atoms with van der Waals surface area (Å²) in [5.41, 5.74) is 1.65. The number of imidazole rings is 1. The van der Waals surface area contributed by atoms with Gasteiger partial charge in [0, 0.05) is 0 Å². The zero-order chi connectivity index (χ0) is 9.26. The Morgan fingerprint density at radius 1 is 1.46 bits per heavy atom. The van der Waals surface area contributed by atoms with Crippen molar-refractivity contribution in [2.45, 2.75) is 5.88 Å². The Balaban J connectivity index is 2.51. The van der Waals surface area contributed by atoms with Crippen LogP contribution in [0.3, 0.4) is 0 Å². The number of rotatable bonds is 2. The van der Waals surface area contributed by atoms with Crippen molar-refractivity contribution in [1.29, 1.82) is 0 Å². The summed E-state index contributed by atoms with van der Waals surface area (Å²) in [6.07, 6.45) is 1.53. The van der Waals surface area contributed by atoms with Crippen LogP contribution in [0.2, 0.25) is 0 Å². The molecule has 0 spiro atoms. The summed E-state index contributed by atoms with van der Waals surface area (Å²) >= 11 is -2.08. The van der Waals surface area contributed by atoms with E-state index < -0.39 is 11.1 Å². The molecular weight excluding hydrogens is 188 g/mol. The molecule has 2 aromatic rings. The molecule has 1 aromatic carbocycles. The molecule has 0 radical (unpaired) electrons. The minimum Gasteiger partial charge on any atom is -0.771 e. The van der Waals surface area contributed by atoms with Gasteiger partial charge in [0.25, 0.3) is 0 Å². The quantitative estimate of drug-likeness (QED) is 0.668. The van der Waals surface area contributed by atoms with Gasteiger partial charge in [0.05, 0.1) is 23.2 Å². The fourth-order valence-corrected chi connectivity index (χ4v) is 1.66. The van der Waals surface area contributed by atoms with Crippen molar-refractivity contribution in [3.8, 4) is 0 Å². The minimum absolute atomic E-state index is 0.0412. The lowest BCUT2D eigenvalue weighted by molar-refractivity contribution is 0.527. The van der Waals surface area contributed by atoms with Gasteiger partial charge in [0.2, 0.25) is 0 Å². The van der Waals surface area contributed by atoms with E-state index in [0.29, 0.717) is 0 Å². The number of nitrogens with zero attached hydrogens (tertiary/aromatic N) is 2. The maximum absolute atomic E-state index is 10.5. The Morgan fingerprint density at radius 2 is 2.23 bits per heavy atom. The highest BCUT2D eigenvalue weighted by Crippen LogP contribution is 2.11. The van der Waals surface area contributed by atoms with E-state index >= 15 is 0 Å². The highest BCUT2D eigenvalue weighted by molar-refractivity contribution is 7.78. The molecule has 0 aliphatic heterocycles. The lowest BCUT2D eigenvalue weighted by Gasteiger charge is -2.06. The van der Waals surface area contributed by atoms with Gasteiger partial charge in [0.1, 0.15) is 0 Å². The second kappa shape index (κ2) is 3.27. The van der Waals surface area contributed by atoms with Crippen molar-refractivity contribution in [2.75, 3.05) is 0 Å². The second-order valence-corrected chi connectivity index (χ2v) is 3.50. The second-order valence-electron chi connectivity index (χ2n) is 2.64. The molecule has 0 bridgehead atoms. The van der Waals surface area contributed by atoms with Gasteiger partial charge in [-0.25, -0.2) is 4.98 Å². The van der Waals surface area contributed by atoms with Crippen LogP contribution >= 0.6 is 0 Å². The van der Waals surface area contributed by atoms with Crippen LogP contribution in [0.25, 0.3) is 11.0 Å². The van der Waals surface area contributed by atoms with Gasteiger partial charge in [-0.15, -0.1) is 0 Å². The normalized spacial score (nSPS) is 13.3. The number of fused-ring (bicyclic) bond motifs is 1. The van der Waals surface area contributed by atoms with Gasteiger partial charge in [-0.1, -0.05) is 12.1 Å². The van der Waals surface area contributed by atoms with E-state index in [1.165, 1.54) is 6.33 Å². The Hall–Kier alpha value is -1.20. The van der Waals surface area contributed by atoms with E-state index in [2.05, 4.69) is 4.98 Å². The van der Waals surface area contributed by atoms with Crippen molar-refractivity contribution >= 4 is 22.1 Å². The number of aromatic nitrogens is 2. The summed E-state index contributed by atoms with van der Waals surface area (Å²) < 4.78 is 22.5. The van der Waals surface area contributed by atoms with E-state index in [9.17, 15) is 8.76 Å². The molecule has 0 amide bonds. The molecule has 68 valence electrons. The summed E-state index contributed by atoms with van der Waals surface area (Å²) in [7, 11) is 0. The fraction of sp³-hybridized carbons (Fsp3) is 0.125. The largest absolute Gasteiger partial charge is 0.771 e. The molecule has 0 N–H and O–H groups in total. The van der Waals surface area contributed by atoms with Crippen LogP contribution in [0.1, 0.15) is 0 Å². The smallest absolute Gasteiger partial charge is 0.0966 e. The van der Waals surface area contributed by atoms with Gasteiger partial charge in [-0.3, -0.25) is 4.21 Å². The molecule has 0 fully saturated rings. The van der Waals surface area contributed by atoms with Crippen LogP contribution in [0, 0.1) is 0 Å². The first-order valence-corrected chi connectivity index (χ1v) is 4.97. The van der Waals surface area contributed by atoms with Crippen molar-refractivity contribution in [2.24, 2.45) is 0 Å². The predicted molar refractivity (Wildman–Crippen MR) is 48.7 cm³/mol. The molecule has 0 saturated heterocycles. The van der Waals surface area contributed by atoms with Crippen LogP contribution < -0.4 is 0 Å². The zero-order valence-corrected chi connectivity index (χ0v) is 7.53. The topological polar surface area (TPSA) is 57.9 Å². The van der Waals surface area contributed by atoms with Crippen molar-refractivity contribution < 1.29 is 8.76 Å². The molecule has 0 aliphatic carbocycles. The van der Waals surface area contributed by atoms with Crippen molar-refractivity contribution in [3.63, 3.8) is 0 Å². The highest BCUT2D eigenvalue weighted by Gasteiger charge is 1.99. The number of hydrogen-bond acceptors (Lipinski definition) is 3. The Morgan fingerprint density at radius 3 is 3.00 bits per heavy atom. The van der Waals surface area contributed by atoms with E-state index in [1.807, 2.05) is 24.3 Å². The first kappa shape index (κ1) is 8.40. The summed E-state index contributed by atoms with van der Waals surface area (Å²) in [4.78, 5) is 4.06. The molecule has 1 aromatic heterocycles. The predicted octanol–water partition coefficient (Wildman–Crippen LogP) is 0.873. The van der Waals surface area contributed by atoms with Gasteiger partial charge in [-0.05, 0) is 23.2 Å². The molecule has 0 aliphatic rings. The van der Waals surface area contributed by atoms with Crippen LogP contribution in [0.15, 0.2) is 30.6 Å². The summed E-state index contributed by atoms with van der Waals surface area (Å²) in [6, 6.07) is 7.41. The van der Waals surface area contributed by atoms with E-state index in [-0.39, 0.29) is 5.88 Å². The van der Waals surface area contributed by atoms with Crippen LogP contribution in [-0.4, -0.2) is 18.3 Å². The molecule has 4 nitrogen and oxygen atoms in total. The lowest BCUT2D eigenvalue weighted by atomic mass is 10.3. The van der Waals surface area contributed by atoms with E-state index in [4.69, 9.17) is 0 Å². The fourth-order valence-electron chi connectivity index (χ4n) is 1.23. The number of para-hydroxylation sites is 2. The summed E-state index contributed by atoms with van der Waals surface area (Å²) in [6.45, 7) is 0. The van der Waals surface area contributed by atoms with Crippen LogP contribution in [0.4, 0.5) is 0 Å². The molecule has 5 heteroatoms. The average molecular weight is 195 g/mol. The van der Waals surface area contributed by atoms with Crippen molar-refractivity contribution in [1.82, 2.24) is 9.55 Å². The zero-order valence-electron chi connectivity index (χ0n) is 6.71. The Labute approximate surface area is 77.5 Å². The number of benzene rings is 1. The Kier molecular flexibility index (Phi) is 2.12. The maximum atomic E-state index is 10.5. The third kappa shape index (κ3) is 1.61. The molecule has 13 heavy (non-hydrogen) atoms. The minimum atomic E-state index is -2.08. The SMILES string of the molecule is O=S([O-])Cn1cnc2ccccc21. The van der Waals surface area contributed by atoms with E-state index in [0.717, 1.165) is 11.0 Å². The van der Waals surface area contributed by atoms with Crippen LogP contribution in [0.5, 0.6) is 0 Å². The van der Waals surface area contributed by atoms with Gasteiger partial charge >= 0.3 is 0 Å².